The van der Waals surface area contributed by atoms with Crippen LogP contribution in [0.25, 0.3) is 0 Å². The predicted octanol–water partition coefficient (Wildman–Crippen LogP) is 6.13. The fourth-order valence-corrected chi connectivity index (χ4v) is 7.72. The third-order valence-electron chi connectivity index (χ3n) is 8.96. The number of carbonyl (C=O) groups excluding carboxylic acids is 3. The molecule has 3 aliphatic rings. The van der Waals surface area contributed by atoms with Crippen LogP contribution in [0, 0.1) is 5.92 Å². The summed E-state index contributed by atoms with van der Waals surface area (Å²) in [5.74, 6) is -2.58. The summed E-state index contributed by atoms with van der Waals surface area (Å²) in [5, 5.41) is 0.351. The van der Waals surface area contributed by atoms with E-state index in [4.69, 9.17) is 32.7 Å². The van der Waals surface area contributed by atoms with Crippen LogP contribution in [0.3, 0.4) is 0 Å². The Morgan fingerprint density at radius 3 is 2.38 bits per heavy atom. The molecular formula is C35H36Cl2F2N4O8S. The molecule has 2 aromatic carbocycles. The fourth-order valence-electron chi connectivity index (χ4n) is 6.11. The van der Waals surface area contributed by atoms with E-state index in [1.807, 2.05) is 0 Å². The van der Waals surface area contributed by atoms with Crippen LogP contribution in [0.4, 0.5) is 14.5 Å². The van der Waals surface area contributed by atoms with E-state index < -0.39 is 47.1 Å². The average molecular weight is 782 g/mol. The zero-order chi connectivity index (χ0) is 37.0. The number of carbonyl (C=O) groups is 3. The van der Waals surface area contributed by atoms with Gasteiger partial charge in [0.2, 0.25) is 10.0 Å². The van der Waals surface area contributed by atoms with Gasteiger partial charge < -0.3 is 19.1 Å². The number of fused-ring (bicyclic) bond motifs is 1. The second-order valence-electron chi connectivity index (χ2n) is 12.9. The number of nitrogens with zero attached hydrogens (tertiary/aromatic N) is 3. The molecule has 3 heterocycles. The van der Waals surface area contributed by atoms with Crippen LogP contribution in [0.1, 0.15) is 70.1 Å². The molecular weight excluding hydrogens is 745 g/mol. The van der Waals surface area contributed by atoms with Crippen molar-refractivity contribution in [2.75, 3.05) is 43.3 Å². The van der Waals surface area contributed by atoms with Gasteiger partial charge in [-0.1, -0.05) is 29.3 Å². The Hall–Kier alpha value is -4.05. The Kier molecular flexibility index (Phi) is 11.8. The summed E-state index contributed by atoms with van der Waals surface area (Å²) in [7, 11) is -3.73. The molecule has 0 spiro atoms. The first kappa shape index (κ1) is 37.7. The predicted molar refractivity (Wildman–Crippen MR) is 188 cm³/mol. The molecule has 0 radical (unpaired) electrons. The van der Waals surface area contributed by atoms with Gasteiger partial charge in [0.15, 0.2) is 11.5 Å². The number of hydrogen-bond donors (Lipinski definition) is 1. The van der Waals surface area contributed by atoms with E-state index in [1.54, 1.807) is 0 Å². The molecule has 52 heavy (non-hydrogen) atoms. The van der Waals surface area contributed by atoms with Gasteiger partial charge in [-0.25, -0.2) is 8.42 Å². The molecule has 1 aliphatic carbocycles. The van der Waals surface area contributed by atoms with Crippen LogP contribution in [-0.4, -0.2) is 86.1 Å². The quantitative estimate of drug-likeness (QED) is 0.126. The normalized spacial score (nSPS) is 16.7. The zero-order valence-corrected chi connectivity index (χ0v) is 30.2. The number of anilines is 1. The van der Waals surface area contributed by atoms with E-state index in [9.17, 15) is 31.6 Å². The Bertz CT molecular complexity index is 1920. The van der Waals surface area contributed by atoms with E-state index in [0.29, 0.717) is 29.0 Å². The van der Waals surface area contributed by atoms with Gasteiger partial charge in [0.05, 0.1) is 33.5 Å². The van der Waals surface area contributed by atoms with Crippen molar-refractivity contribution in [2.24, 2.45) is 5.92 Å². The van der Waals surface area contributed by atoms with Crippen molar-refractivity contribution >= 4 is 56.7 Å². The number of hydrogen-bond acceptors (Lipinski definition) is 10. The van der Waals surface area contributed by atoms with Crippen molar-refractivity contribution in [1.82, 2.24) is 14.8 Å². The lowest BCUT2D eigenvalue weighted by Crippen LogP contribution is -2.36. The van der Waals surface area contributed by atoms with E-state index in [1.165, 1.54) is 48.8 Å². The highest BCUT2D eigenvalue weighted by atomic mass is 35.5. The number of benzene rings is 2. The third-order valence-corrected chi connectivity index (χ3v) is 11.0. The van der Waals surface area contributed by atoms with E-state index in [0.717, 1.165) is 38.8 Å². The number of sulfonamides is 1. The van der Waals surface area contributed by atoms with Gasteiger partial charge >= 0.3 is 12.6 Å². The summed E-state index contributed by atoms with van der Waals surface area (Å²) in [5.41, 5.74) is 0.708. The summed E-state index contributed by atoms with van der Waals surface area (Å²) in [6.07, 6.45) is 6.00. The highest BCUT2D eigenvalue weighted by molar-refractivity contribution is 7.92. The summed E-state index contributed by atoms with van der Waals surface area (Å²) >= 11 is 12.8. The molecule has 1 saturated carbocycles. The molecule has 3 aromatic rings. The van der Waals surface area contributed by atoms with Crippen LogP contribution < -0.4 is 14.2 Å². The molecule has 1 N–H and O–H groups in total. The zero-order valence-electron chi connectivity index (χ0n) is 27.9. The van der Waals surface area contributed by atoms with Crippen LogP contribution in [0.5, 0.6) is 11.5 Å². The van der Waals surface area contributed by atoms with E-state index in [-0.39, 0.29) is 63.1 Å². The molecule has 1 aromatic heterocycles. The van der Waals surface area contributed by atoms with Crippen molar-refractivity contribution in [2.45, 2.75) is 51.2 Å². The van der Waals surface area contributed by atoms with Crippen LogP contribution >= 0.6 is 23.2 Å². The number of rotatable bonds is 17. The largest absolute Gasteiger partial charge is 0.489 e. The molecule has 6 rings (SSSR count). The summed E-state index contributed by atoms with van der Waals surface area (Å²) in [4.78, 5) is 47.0. The molecule has 12 nitrogen and oxygen atoms in total. The van der Waals surface area contributed by atoms with Crippen molar-refractivity contribution in [1.29, 1.82) is 0 Å². The summed E-state index contributed by atoms with van der Waals surface area (Å²) in [6.45, 7) is -1.05. The van der Waals surface area contributed by atoms with Gasteiger partial charge in [0, 0.05) is 24.5 Å². The molecule has 2 fully saturated rings. The second kappa shape index (κ2) is 16.3. The van der Waals surface area contributed by atoms with Crippen molar-refractivity contribution in [3.63, 3.8) is 0 Å². The first-order chi connectivity index (χ1) is 24.9. The number of pyridine rings is 1. The highest BCUT2D eigenvalue weighted by Gasteiger charge is 2.38. The summed E-state index contributed by atoms with van der Waals surface area (Å²) in [6, 6.07) is 8.07. The smallest absolute Gasteiger partial charge is 0.387 e. The molecule has 0 unspecified atom stereocenters. The molecule has 2 amide bonds. The van der Waals surface area contributed by atoms with Gasteiger partial charge in [0.1, 0.15) is 12.6 Å². The number of imide groups is 1. The maximum absolute atomic E-state index is 13.5. The number of likely N-dealkylation sites (tertiary alicyclic amines) is 1. The molecule has 0 bridgehead atoms. The number of halogens is 4. The monoisotopic (exact) mass is 780 g/mol. The van der Waals surface area contributed by atoms with Crippen molar-refractivity contribution in [3.8, 4) is 11.5 Å². The van der Waals surface area contributed by atoms with Gasteiger partial charge in [-0.3, -0.25) is 29.0 Å². The number of esters is 1. The minimum Gasteiger partial charge on any atom is -0.489 e. The highest BCUT2D eigenvalue weighted by Crippen LogP contribution is 2.38. The average Bonchev–Trinajstić information content (AvgIpc) is 3.72. The number of aromatic nitrogens is 1. The molecule has 17 heteroatoms. The Morgan fingerprint density at radius 2 is 1.69 bits per heavy atom. The van der Waals surface area contributed by atoms with Gasteiger partial charge in [0.25, 0.3) is 11.8 Å². The fraction of sp³-hybridized carbons (Fsp3) is 0.429. The molecule has 278 valence electrons. The number of amides is 2. The Morgan fingerprint density at radius 1 is 0.981 bits per heavy atom. The number of ether oxygens (including phenoxy) is 3. The lowest BCUT2D eigenvalue weighted by atomic mass is 10.0. The van der Waals surface area contributed by atoms with Gasteiger partial charge in [-0.2, -0.15) is 8.78 Å². The minimum atomic E-state index is -3.73. The minimum absolute atomic E-state index is 0.00578. The topological polar surface area (TPSA) is 144 Å². The Labute approximate surface area is 309 Å². The number of alkyl halides is 2. The maximum Gasteiger partial charge on any atom is 0.387 e. The van der Waals surface area contributed by atoms with Crippen molar-refractivity contribution < 1.29 is 45.8 Å². The van der Waals surface area contributed by atoms with Crippen LogP contribution in [0.15, 0.2) is 48.8 Å². The molecule has 1 atom stereocenters. The van der Waals surface area contributed by atoms with Gasteiger partial charge in [-0.15, -0.1) is 0 Å². The van der Waals surface area contributed by atoms with E-state index in [2.05, 4.69) is 19.3 Å². The van der Waals surface area contributed by atoms with Crippen LogP contribution in [0.2, 0.25) is 10.0 Å². The van der Waals surface area contributed by atoms with Crippen molar-refractivity contribution in [3.05, 3.63) is 81.1 Å². The Balaban J connectivity index is 1.17. The standard InChI is InChI=1S/C35H36Cl2F2N4O8S/c36-27-17-40-18-28(37)26(27)16-30(22-6-9-29(51-35(38)39)31(14-22)49-20-21-4-5-21)50-32(44)19-43-33(45)24-8-7-23(15-25(24)34(43)46)41-52(47,48)13-3-12-42-10-1-2-11-42/h6-9,14-15,17-18,21,30,35,41H,1-5,10-13,16,19-20H2/t30-/m0/s1. The van der Waals surface area contributed by atoms with Gasteiger partial charge in [-0.05, 0) is 99.1 Å². The molecule has 1 saturated heterocycles. The second-order valence-corrected chi connectivity index (χ2v) is 15.5. The van der Waals surface area contributed by atoms with E-state index >= 15 is 0 Å². The van der Waals surface area contributed by atoms with Crippen LogP contribution in [-0.2, 0) is 26.0 Å². The molecule has 2 aliphatic heterocycles. The first-order valence-corrected chi connectivity index (χ1v) is 19.2. The SMILES string of the molecule is O=C(CN1C(=O)c2ccc(NS(=O)(=O)CCCN3CCCC3)cc2C1=O)O[C@@H](Cc1c(Cl)cncc1Cl)c1ccc(OC(F)F)c(OCC2CC2)c1. The lowest BCUT2D eigenvalue weighted by molar-refractivity contribution is -0.149. The lowest BCUT2D eigenvalue weighted by Gasteiger charge is -2.22. The summed E-state index contributed by atoms with van der Waals surface area (Å²) < 4.78 is 70.6. The maximum atomic E-state index is 13.5. The third kappa shape index (κ3) is 9.48. The first-order valence-electron chi connectivity index (χ1n) is 16.8. The number of nitrogens with one attached hydrogen (secondary N) is 1.